The Bertz CT molecular complexity index is 591. The summed E-state index contributed by atoms with van der Waals surface area (Å²) >= 11 is 0. The van der Waals surface area contributed by atoms with Crippen LogP contribution in [0.1, 0.15) is 15.9 Å². The number of carbonyl (C=O) groups is 1. The summed E-state index contributed by atoms with van der Waals surface area (Å²) in [5, 5.41) is -0.00185. The molecule has 0 atom stereocenters. The zero-order valence-corrected chi connectivity index (χ0v) is 8.35. The van der Waals surface area contributed by atoms with Crippen molar-refractivity contribution < 1.29 is 18.0 Å². The van der Waals surface area contributed by atoms with Gasteiger partial charge in [0.25, 0.3) is 0 Å². The highest BCUT2D eigenvalue weighted by molar-refractivity contribution is 5.99. The molecule has 0 spiro atoms. The van der Waals surface area contributed by atoms with Crippen LogP contribution in [0.5, 0.6) is 0 Å². The smallest absolute Gasteiger partial charge is 0.195 e. The first-order valence-corrected chi connectivity index (χ1v) is 4.58. The number of halogens is 3. The van der Waals surface area contributed by atoms with Crippen LogP contribution in [0.2, 0.25) is 0 Å². The van der Waals surface area contributed by atoms with Crippen LogP contribution in [0.3, 0.4) is 0 Å². The number of carbonyl (C=O) groups excluding carboxylic acids is 1. The minimum atomic E-state index is -1.52. The highest BCUT2D eigenvalue weighted by atomic mass is 19.2. The van der Waals surface area contributed by atoms with E-state index in [-0.39, 0.29) is 16.3 Å². The molecule has 2 rings (SSSR count). The van der Waals surface area contributed by atoms with E-state index in [1.165, 1.54) is 12.1 Å². The quantitative estimate of drug-likeness (QED) is 0.536. The van der Waals surface area contributed by atoms with E-state index in [9.17, 15) is 18.0 Å². The molecule has 0 aliphatic heterocycles. The first-order valence-electron chi connectivity index (χ1n) is 4.58. The number of hydrogen-bond donors (Lipinski definition) is 0. The van der Waals surface area contributed by atoms with Gasteiger partial charge in [0, 0.05) is 10.9 Å². The lowest BCUT2D eigenvalue weighted by Gasteiger charge is -2.06. The number of hydrogen-bond acceptors (Lipinski definition) is 1. The molecule has 0 fully saturated rings. The maximum absolute atomic E-state index is 13.4. The van der Waals surface area contributed by atoms with E-state index in [1.807, 2.05) is 0 Å². The van der Waals surface area contributed by atoms with Crippen LogP contribution in [0, 0.1) is 24.4 Å². The minimum Gasteiger partial charge on any atom is -0.298 e. The van der Waals surface area contributed by atoms with Crippen LogP contribution in [0.15, 0.2) is 18.2 Å². The summed E-state index contributed by atoms with van der Waals surface area (Å²) in [4.78, 5) is 10.8. The number of fused-ring (bicyclic) bond motifs is 1. The summed E-state index contributed by atoms with van der Waals surface area (Å²) in [6.45, 7) is 1.64. The number of benzene rings is 2. The first kappa shape index (κ1) is 10.7. The molecule has 0 amide bonds. The van der Waals surface area contributed by atoms with Gasteiger partial charge >= 0.3 is 0 Å². The van der Waals surface area contributed by atoms with Crippen LogP contribution in [0.25, 0.3) is 10.8 Å². The van der Waals surface area contributed by atoms with Gasteiger partial charge in [-0.1, -0.05) is 12.1 Å². The van der Waals surface area contributed by atoms with Crippen molar-refractivity contribution in [2.75, 3.05) is 0 Å². The van der Waals surface area contributed by atoms with Crippen LogP contribution in [-0.4, -0.2) is 6.29 Å². The van der Waals surface area contributed by atoms with Gasteiger partial charge < -0.3 is 0 Å². The van der Waals surface area contributed by atoms with Crippen molar-refractivity contribution in [3.63, 3.8) is 0 Å². The third kappa shape index (κ3) is 1.38. The summed E-state index contributed by atoms with van der Waals surface area (Å²) < 4.78 is 39.4. The molecular formula is C12H7F3O. The number of aryl methyl sites for hydroxylation is 1. The fourth-order valence-corrected chi connectivity index (χ4v) is 1.66. The molecule has 2 aromatic rings. The van der Waals surface area contributed by atoms with Crippen molar-refractivity contribution in [1.82, 2.24) is 0 Å². The second kappa shape index (κ2) is 3.63. The van der Waals surface area contributed by atoms with Gasteiger partial charge in [-0.3, -0.25) is 4.79 Å². The Balaban J connectivity index is 3.01. The molecule has 82 valence electrons. The number of rotatable bonds is 1. The molecule has 0 N–H and O–H groups in total. The average molecular weight is 224 g/mol. The van der Waals surface area contributed by atoms with Gasteiger partial charge in [0.05, 0.1) is 0 Å². The van der Waals surface area contributed by atoms with E-state index in [0.29, 0.717) is 11.8 Å². The Morgan fingerprint density at radius 2 is 1.75 bits per heavy atom. The van der Waals surface area contributed by atoms with Crippen LogP contribution < -0.4 is 0 Å². The molecule has 0 saturated carbocycles. The van der Waals surface area contributed by atoms with Crippen LogP contribution in [-0.2, 0) is 0 Å². The molecule has 0 bridgehead atoms. The third-order valence-corrected chi connectivity index (χ3v) is 2.53. The molecule has 1 nitrogen and oxygen atoms in total. The van der Waals surface area contributed by atoms with Gasteiger partial charge in [-0.25, -0.2) is 13.2 Å². The van der Waals surface area contributed by atoms with Crippen molar-refractivity contribution >= 4 is 17.1 Å². The highest BCUT2D eigenvalue weighted by Crippen LogP contribution is 2.26. The standard InChI is InChI=1S/C12H7F3O/c1-6-2-3-7-8(9(6)5-16)4-10(13)12(15)11(7)14/h2-5H,1H3. The molecule has 0 heterocycles. The summed E-state index contributed by atoms with van der Waals surface area (Å²) in [5.41, 5.74) is 0.767. The van der Waals surface area contributed by atoms with Crippen molar-refractivity contribution in [2.45, 2.75) is 6.92 Å². The predicted molar refractivity (Wildman–Crippen MR) is 53.9 cm³/mol. The molecule has 0 unspecified atom stereocenters. The van der Waals surface area contributed by atoms with Gasteiger partial charge in [-0.15, -0.1) is 0 Å². The van der Waals surface area contributed by atoms with E-state index >= 15 is 0 Å². The second-order valence-corrected chi connectivity index (χ2v) is 3.50. The fraction of sp³-hybridized carbons (Fsp3) is 0.0833. The largest absolute Gasteiger partial charge is 0.298 e. The predicted octanol–water partition coefficient (Wildman–Crippen LogP) is 3.38. The van der Waals surface area contributed by atoms with Crippen molar-refractivity contribution in [2.24, 2.45) is 0 Å². The zero-order chi connectivity index (χ0) is 11.9. The fourth-order valence-electron chi connectivity index (χ4n) is 1.66. The molecule has 4 heteroatoms. The van der Waals surface area contributed by atoms with Gasteiger partial charge in [0.1, 0.15) is 0 Å². The lowest BCUT2D eigenvalue weighted by Crippen LogP contribution is -1.96. The van der Waals surface area contributed by atoms with Gasteiger partial charge in [-0.2, -0.15) is 0 Å². The molecule has 2 aromatic carbocycles. The van der Waals surface area contributed by atoms with Crippen molar-refractivity contribution in [3.05, 3.63) is 46.8 Å². The minimum absolute atomic E-state index is 0.0893. The Hall–Kier alpha value is -1.84. The summed E-state index contributed by atoms with van der Waals surface area (Å²) in [6.07, 6.45) is 0.508. The third-order valence-electron chi connectivity index (χ3n) is 2.53. The molecular weight excluding hydrogens is 217 g/mol. The van der Waals surface area contributed by atoms with Crippen molar-refractivity contribution in [1.29, 1.82) is 0 Å². The molecule has 0 aliphatic carbocycles. The lowest BCUT2D eigenvalue weighted by atomic mass is 10.00. The maximum Gasteiger partial charge on any atom is 0.195 e. The summed E-state index contributed by atoms with van der Waals surface area (Å²) in [7, 11) is 0. The van der Waals surface area contributed by atoms with E-state index < -0.39 is 17.5 Å². The van der Waals surface area contributed by atoms with Crippen LogP contribution >= 0.6 is 0 Å². The highest BCUT2D eigenvalue weighted by Gasteiger charge is 2.15. The Morgan fingerprint density at radius 1 is 1.06 bits per heavy atom. The average Bonchev–Trinajstić information content (AvgIpc) is 2.26. The zero-order valence-electron chi connectivity index (χ0n) is 8.35. The maximum atomic E-state index is 13.4. The normalized spacial score (nSPS) is 10.8. The Kier molecular flexibility index (Phi) is 2.42. The molecule has 0 aromatic heterocycles. The van der Waals surface area contributed by atoms with E-state index in [2.05, 4.69) is 0 Å². The topological polar surface area (TPSA) is 17.1 Å². The van der Waals surface area contributed by atoms with E-state index in [1.54, 1.807) is 6.92 Å². The first-order chi connectivity index (χ1) is 7.56. The lowest BCUT2D eigenvalue weighted by molar-refractivity contribution is 0.112. The van der Waals surface area contributed by atoms with E-state index in [0.717, 1.165) is 6.07 Å². The molecule has 16 heavy (non-hydrogen) atoms. The summed E-state index contributed by atoms with van der Waals surface area (Å²) in [6, 6.07) is 3.66. The molecule has 0 aliphatic rings. The monoisotopic (exact) mass is 224 g/mol. The van der Waals surface area contributed by atoms with E-state index in [4.69, 9.17) is 0 Å². The van der Waals surface area contributed by atoms with Gasteiger partial charge in [-0.05, 0) is 23.9 Å². The molecule has 0 radical (unpaired) electrons. The Labute approximate surface area is 89.5 Å². The second-order valence-electron chi connectivity index (χ2n) is 3.50. The summed E-state index contributed by atoms with van der Waals surface area (Å²) in [5.74, 6) is -4.08. The SMILES string of the molecule is Cc1ccc2c(F)c(F)c(F)cc2c1C=O. The Morgan fingerprint density at radius 3 is 2.38 bits per heavy atom. The van der Waals surface area contributed by atoms with Gasteiger partial charge in [0.15, 0.2) is 23.7 Å². The molecule has 0 saturated heterocycles. The van der Waals surface area contributed by atoms with Gasteiger partial charge in [0.2, 0.25) is 0 Å². The number of aldehydes is 1. The van der Waals surface area contributed by atoms with Crippen LogP contribution in [0.4, 0.5) is 13.2 Å². The van der Waals surface area contributed by atoms with Crippen molar-refractivity contribution in [3.8, 4) is 0 Å².